The van der Waals surface area contributed by atoms with E-state index in [-0.39, 0.29) is 0 Å². The second-order valence-electron chi connectivity index (χ2n) is 4.22. The molecule has 0 aromatic heterocycles. The Labute approximate surface area is 98.4 Å². The summed E-state index contributed by atoms with van der Waals surface area (Å²) in [6, 6.07) is 6.42. The third-order valence-corrected chi connectivity index (χ3v) is 2.92. The van der Waals surface area contributed by atoms with Crippen molar-refractivity contribution in [2.45, 2.75) is 20.4 Å². The lowest BCUT2D eigenvalue weighted by Crippen LogP contribution is -2.33. The van der Waals surface area contributed by atoms with Crippen LogP contribution in [0.2, 0.25) is 0 Å². The van der Waals surface area contributed by atoms with Gasteiger partial charge in [-0.1, -0.05) is 18.2 Å². The minimum absolute atomic E-state index is 0.685. The van der Waals surface area contributed by atoms with E-state index in [1.807, 2.05) is 0 Å². The number of nitrogens with zero attached hydrogens (tertiary/aromatic N) is 1. The fraction of sp³-hybridized carbons (Fsp3) is 0.538. The molecular weight excluding hydrogens is 198 g/mol. The molecule has 0 aliphatic carbocycles. The maximum atomic E-state index is 5.61. The molecule has 0 atom stereocenters. The van der Waals surface area contributed by atoms with E-state index in [0.29, 0.717) is 13.1 Å². The Morgan fingerprint density at radius 1 is 1.00 bits per heavy atom. The summed E-state index contributed by atoms with van der Waals surface area (Å²) in [5.41, 5.74) is 15.3. The summed E-state index contributed by atoms with van der Waals surface area (Å²) in [5.74, 6) is 0. The molecule has 0 fully saturated rings. The highest BCUT2D eigenvalue weighted by Gasteiger charge is 2.08. The fourth-order valence-corrected chi connectivity index (χ4v) is 1.96. The molecule has 0 radical (unpaired) electrons. The monoisotopic (exact) mass is 221 g/mol. The van der Waals surface area contributed by atoms with Crippen LogP contribution in [-0.2, 0) is 6.54 Å². The number of hydrogen-bond donors (Lipinski definition) is 2. The Morgan fingerprint density at radius 3 is 1.94 bits per heavy atom. The van der Waals surface area contributed by atoms with Gasteiger partial charge < -0.3 is 11.5 Å². The van der Waals surface area contributed by atoms with Crippen LogP contribution in [0.3, 0.4) is 0 Å². The quantitative estimate of drug-likeness (QED) is 0.754. The predicted molar refractivity (Wildman–Crippen MR) is 69.3 cm³/mol. The molecule has 16 heavy (non-hydrogen) atoms. The van der Waals surface area contributed by atoms with Gasteiger partial charge in [0.2, 0.25) is 0 Å². The zero-order chi connectivity index (χ0) is 12.0. The molecular formula is C13H23N3. The fourth-order valence-electron chi connectivity index (χ4n) is 1.96. The first-order valence-electron chi connectivity index (χ1n) is 5.86. The first-order valence-corrected chi connectivity index (χ1v) is 5.86. The van der Waals surface area contributed by atoms with Crippen molar-refractivity contribution < 1.29 is 0 Å². The minimum atomic E-state index is 0.685. The Bertz CT molecular complexity index is 297. The highest BCUT2D eigenvalue weighted by atomic mass is 15.1. The molecule has 0 unspecified atom stereocenters. The second-order valence-corrected chi connectivity index (χ2v) is 4.22. The standard InChI is InChI=1S/C13H23N3/c1-11-4-3-5-12(2)13(11)10-16(8-6-14)9-7-15/h3-5H,6-10,14-15H2,1-2H3. The third-order valence-electron chi connectivity index (χ3n) is 2.92. The van der Waals surface area contributed by atoms with Gasteiger partial charge in [0, 0.05) is 32.7 Å². The molecule has 0 spiro atoms. The summed E-state index contributed by atoms with van der Waals surface area (Å²) in [6.07, 6.45) is 0. The van der Waals surface area contributed by atoms with E-state index >= 15 is 0 Å². The zero-order valence-electron chi connectivity index (χ0n) is 10.4. The van der Waals surface area contributed by atoms with Gasteiger partial charge in [-0.3, -0.25) is 4.90 Å². The molecule has 0 bridgehead atoms. The smallest absolute Gasteiger partial charge is 0.0240 e. The van der Waals surface area contributed by atoms with Crippen LogP contribution in [0.15, 0.2) is 18.2 Å². The van der Waals surface area contributed by atoms with Gasteiger partial charge in [0.15, 0.2) is 0 Å². The molecule has 4 N–H and O–H groups in total. The number of nitrogens with two attached hydrogens (primary N) is 2. The normalized spacial score (nSPS) is 11.1. The first kappa shape index (κ1) is 13.2. The Kier molecular flexibility index (Phi) is 5.46. The number of hydrogen-bond acceptors (Lipinski definition) is 3. The molecule has 1 rings (SSSR count). The van der Waals surface area contributed by atoms with E-state index in [1.54, 1.807) is 0 Å². The molecule has 3 nitrogen and oxygen atoms in total. The molecule has 0 saturated heterocycles. The lowest BCUT2D eigenvalue weighted by Gasteiger charge is -2.23. The second kappa shape index (κ2) is 6.63. The number of aryl methyl sites for hydroxylation is 2. The summed E-state index contributed by atoms with van der Waals surface area (Å²) in [4.78, 5) is 2.31. The van der Waals surface area contributed by atoms with E-state index in [9.17, 15) is 0 Å². The van der Waals surface area contributed by atoms with E-state index in [1.165, 1.54) is 16.7 Å². The van der Waals surface area contributed by atoms with Gasteiger partial charge in [-0.05, 0) is 30.5 Å². The van der Waals surface area contributed by atoms with Gasteiger partial charge >= 0.3 is 0 Å². The Hall–Kier alpha value is -0.900. The van der Waals surface area contributed by atoms with Crippen LogP contribution in [0.1, 0.15) is 16.7 Å². The minimum Gasteiger partial charge on any atom is -0.329 e. The van der Waals surface area contributed by atoms with E-state index in [2.05, 4.69) is 36.9 Å². The van der Waals surface area contributed by atoms with Crippen LogP contribution in [0.5, 0.6) is 0 Å². The van der Waals surface area contributed by atoms with E-state index in [0.717, 1.165) is 19.6 Å². The van der Waals surface area contributed by atoms with Crippen LogP contribution in [0, 0.1) is 13.8 Å². The third kappa shape index (κ3) is 3.59. The van der Waals surface area contributed by atoms with Crippen molar-refractivity contribution in [2.75, 3.05) is 26.2 Å². The summed E-state index contributed by atoms with van der Waals surface area (Å²) in [5, 5.41) is 0. The lowest BCUT2D eigenvalue weighted by atomic mass is 10.0. The molecule has 3 heteroatoms. The van der Waals surface area contributed by atoms with Crippen LogP contribution >= 0.6 is 0 Å². The van der Waals surface area contributed by atoms with Crippen LogP contribution in [0.25, 0.3) is 0 Å². The van der Waals surface area contributed by atoms with Gasteiger partial charge in [-0.2, -0.15) is 0 Å². The molecule has 1 aromatic rings. The average Bonchev–Trinajstić information content (AvgIpc) is 2.24. The number of benzene rings is 1. The van der Waals surface area contributed by atoms with Gasteiger partial charge in [0.25, 0.3) is 0 Å². The summed E-state index contributed by atoms with van der Waals surface area (Å²) >= 11 is 0. The van der Waals surface area contributed by atoms with Crippen molar-refractivity contribution >= 4 is 0 Å². The first-order chi connectivity index (χ1) is 7.69. The van der Waals surface area contributed by atoms with Crippen molar-refractivity contribution in [3.8, 4) is 0 Å². The molecule has 0 amide bonds. The van der Waals surface area contributed by atoms with Gasteiger partial charge in [-0.15, -0.1) is 0 Å². The molecule has 1 aromatic carbocycles. The summed E-state index contributed by atoms with van der Waals surface area (Å²) < 4.78 is 0. The number of rotatable bonds is 6. The van der Waals surface area contributed by atoms with Gasteiger partial charge in [-0.25, -0.2) is 0 Å². The average molecular weight is 221 g/mol. The van der Waals surface area contributed by atoms with Crippen LogP contribution in [0.4, 0.5) is 0 Å². The molecule has 0 heterocycles. The SMILES string of the molecule is Cc1cccc(C)c1CN(CCN)CCN. The maximum Gasteiger partial charge on any atom is 0.0240 e. The lowest BCUT2D eigenvalue weighted by molar-refractivity contribution is 0.280. The van der Waals surface area contributed by atoms with Crippen LogP contribution in [-0.4, -0.2) is 31.1 Å². The highest BCUT2D eigenvalue weighted by Crippen LogP contribution is 2.15. The highest BCUT2D eigenvalue weighted by molar-refractivity contribution is 5.33. The molecule has 0 saturated carbocycles. The van der Waals surface area contributed by atoms with Gasteiger partial charge in [0.05, 0.1) is 0 Å². The predicted octanol–water partition coefficient (Wildman–Crippen LogP) is 1.02. The van der Waals surface area contributed by atoms with Crippen molar-refractivity contribution in [3.63, 3.8) is 0 Å². The molecule has 0 aliphatic heterocycles. The summed E-state index contributed by atoms with van der Waals surface area (Å²) in [7, 11) is 0. The van der Waals surface area contributed by atoms with E-state index < -0.39 is 0 Å². The van der Waals surface area contributed by atoms with Gasteiger partial charge in [0.1, 0.15) is 0 Å². The van der Waals surface area contributed by atoms with E-state index in [4.69, 9.17) is 11.5 Å². The topological polar surface area (TPSA) is 55.3 Å². The molecule has 0 aliphatic rings. The van der Waals surface area contributed by atoms with Crippen molar-refractivity contribution in [3.05, 3.63) is 34.9 Å². The van der Waals surface area contributed by atoms with Crippen molar-refractivity contribution in [1.82, 2.24) is 4.90 Å². The Morgan fingerprint density at radius 2 is 1.50 bits per heavy atom. The maximum absolute atomic E-state index is 5.61. The molecule has 90 valence electrons. The summed E-state index contributed by atoms with van der Waals surface area (Å²) in [6.45, 7) is 8.45. The van der Waals surface area contributed by atoms with Crippen LogP contribution < -0.4 is 11.5 Å². The van der Waals surface area contributed by atoms with Crippen molar-refractivity contribution in [1.29, 1.82) is 0 Å². The largest absolute Gasteiger partial charge is 0.329 e. The Balaban J connectivity index is 2.76. The van der Waals surface area contributed by atoms with Crippen molar-refractivity contribution in [2.24, 2.45) is 11.5 Å². The zero-order valence-corrected chi connectivity index (χ0v) is 10.4.